The van der Waals surface area contributed by atoms with Crippen molar-refractivity contribution in [1.29, 1.82) is 0 Å². The largest absolute Gasteiger partial charge is 0.495 e. The van der Waals surface area contributed by atoms with E-state index in [0.717, 1.165) is 10.2 Å². The van der Waals surface area contributed by atoms with Gasteiger partial charge in [-0.25, -0.2) is 0 Å². The molecule has 1 aromatic heterocycles. The number of rotatable bonds is 3. The predicted octanol–water partition coefficient (Wildman–Crippen LogP) is 2.52. The molecule has 0 radical (unpaired) electrons. The normalized spacial score (nSPS) is 16.4. The van der Waals surface area contributed by atoms with Crippen LogP contribution in [0.3, 0.4) is 0 Å². The summed E-state index contributed by atoms with van der Waals surface area (Å²) in [6.45, 7) is 0.126. The molecule has 2 aromatic carbocycles. The maximum absolute atomic E-state index is 12.7. The van der Waals surface area contributed by atoms with E-state index in [0.29, 0.717) is 27.8 Å². The molecule has 1 aliphatic heterocycles. The molecule has 8 heteroatoms. The Morgan fingerprint density at radius 1 is 1.15 bits per heavy atom. The molecular formula is C19H18N2O5S. The van der Waals surface area contributed by atoms with Gasteiger partial charge in [-0.15, -0.1) is 0 Å². The summed E-state index contributed by atoms with van der Waals surface area (Å²) >= 11 is 1.36. The number of hydrogen-bond donors (Lipinski definition) is 0. The van der Waals surface area contributed by atoms with Crippen molar-refractivity contribution >= 4 is 27.5 Å². The lowest BCUT2D eigenvalue weighted by Gasteiger charge is -2.23. The van der Waals surface area contributed by atoms with Crippen LogP contribution in [0.1, 0.15) is 0 Å². The lowest BCUT2D eigenvalue weighted by Crippen LogP contribution is -2.36. The molecule has 0 spiro atoms. The van der Waals surface area contributed by atoms with Gasteiger partial charge in [0.05, 0.1) is 14.2 Å². The van der Waals surface area contributed by atoms with Crippen LogP contribution in [-0.2, 0) is 11.8 Å². The van der Waals surface area contributed by atoms with Crippen molar-refractivity contribution < 1.29 is 23.7 Å². The fourth-order valence-electron chi connectivity index (χ4n) is 2.94. The summed E-state index contributed by atoms with van der Waals surface area (Å²) in [4.78, 5) is 17.5. The highest BCUT2D eigenvalue weighted by Crippen LogP contribution is 2.35. The number of benzene rings is 2. The molecule has 0 unspecified atom stereocenters. The highest BCUT2D eigenvalue weighted by Gasteiger charge is 2.27. The highest BCUT2D eigenvalue weighted by molar-refractivity contribution is 7.16. The van der Waals surface area contributed by atoms with Crippen LogP contribution < -0.4 is 23.7 Å². The van der Waals surface area contributed by atoms with Gasteiger partial charge < -0.3 is 23.5 Å². The Bertz CT molecular complexity index is 1090. The molecule has 0 saturated carbocycles. The molecule has 1 aliphatic rings. The molecule has 1 atom stereocenters. The van der Waals surface area contributed by atoms with Gasteiger partial charge in [-0.1, -0.05) is 23.5 Å². The maximum Gasteiger partial charge on any atom is 0.292 e. The number of amides is 1. The van der Waals surface area contributed by atoms with Crippen LogP contribution in [0, 0.1) is 0 Å². The van der Waals surface area contributed by atoms with Gasteiger partial charge in [-0.2, -0.15) is 4.99 Å². The third-order valence-corrected chi connectivity index (χ3v) is 5.45. The number of ether oxygens (including phenoxy) is 4. The van der Waals surface area contributed by atoms with Crippen molar-refractivity contribution in [1.82, 2.24) is 4.57 Å². The summed E-state index contributed by atoms with van der Waals surface area (Å²) < 4.78 is 24.9. The zero-order valence-electron chi connectivity index (χ0n) is 15.1. The summed E-state index contributed by atoms with van der Waals surface area (Å²) in [7, 11) is 5.04. The second-order valence-corrected chi connectivity index (χ2v) is 6.88. The number of para-hydroxylation sites is 2. The summed E-state index contributed by atoms with van der Waals surface area (Å²) in [6.07, 6.45) is -0.783. The summed E-state index contributed by atoms with van der Waals surface area (Å²) in [5.74, 6) is 2.16. The molecule has 4 rings (SSSR count). The van der Waals surface area contributed by atoms with E-state index in [1.54, 1.807) is 26.4 Å². The Balaban J connectivity index is 1.73. The van der Waals surface area contributed by atoms with Gasteiger partial charge in [0.2, 0.25) is 6.10 Å². The molecule has 0 N–H and O–H groups in total. The SMILES string of the molecule is COc1ccc(OC)c2c1sc(=NC(=O)[C@H]1COc3ccccc3O1)n2C. The van der Waals surface area contributed by atoms with Crippen LogP contribution in [0.5, 0.6) is 23.0 Å². The topological polar surface area (TPSA) is 71.3 Å². The zero-order chi connectivity index (χ0) is 19.0. The molecule has 0 saturated heterocycles. The molecule has 2 heterocycles. The Labute approximate surface area is 159 Å². The van der Waals surface area contributed by atoms with Crippen LogP contribution >= 0.6 is 11.3 Å². The van der Waals surface area contributed by atoms with E-state index in [1.165, 1.54) is 11.3 Å². The minimum absolute atomic E-state index is 0.126. The van der Waals surface area contributed by atoms with E-state index in [9.17, 15) is 4.79 Å². The number of hydrogen-bond acceptors (Lipinski definition) is 6. The second-order valence-electron chi connectivity index (χ2n) is 5.91. The molecule has 0 fully saturated rings. The first-order valence-corrected chi connectivity index (χ1v) is 9.11. The average Bonchev–Trinajstić information content (AvgIpc) is 3.03. The molecule has 7 nitrogen and oxygen atoms in total. The van der Waals surface area contributed by atoms with Crippen molar-refractivity contribution in [2.24, 2.45) is 12.0 Å². The second kappa shape index (κ2) is 6.96. The van der Waals surface area contributed by atoms with Gasteiger partial charge in [0, 0.05) is 7.05 Å². The molecule has 1 amide bonds. The standard InChI is InChI=1S/C19H18N2O5S/c1-21-16-13(23-2)8-9-14(24-3)17(16)27-19(21)20-18(22)15-10-25-11-6-4-5-7-12(11)26-15/h4-9,15H,10H2,1-3H3/t15-/m1/s1. The number of aryl methyl sites for hydroxylation is 1. The molecule has 140 valence electrons. The first-order chi connectivity index (χ1) is 13.1. The van der Waals surface area contributed by atoms with Crippen LogP contribution in [0.15, 0.2) is 41.4 Å². The molecule has 0 bridgehead atoms. The van der Waals surface area contributed by atoms with Gasteiger partial charge in [0.15, 0.2) is 16.3 Å². The van der Waals surface area contributed by atoms with Crippen molar-refractivity contribution in [2.75, 3.05) is 20.8 Å². The van der Waals surface area contributed by atoms with Crippen LogP contribution in [0.2, 0.25) is 0 Å². The van der Waals surface area contributed by atoms with Crippen molar-refractivity contribution in [3.05, 3.63) is 41.2 Å². The Morgan fingerprint density at radius 3 is 2.59 bits per heavy atom. The highest BCUT2D eigenvalue weighted by atomic mass is 32.1. The number of fused-ring (bicyclic) bond motifs is 2. The van der Waals surface area contributed by atoms with Crippen molar-refractivity contribution in [3.63, 3.8) is 0 Å². The van der Waals surface area contributed by atoms with E-state index in [2.05, 4.69) is 4.99 Å². The third kappa shape index (κ3) is 3.02. The van der Waals surface area contributed by atoms with E-state index < -0.39 is 12.0 Å². The lowest BCUT2D eigenvalue weighted by atomic mass is 10.2. The fourth-order valence-corrected chi connectivity index (χ4v) is 4.07. The fraction of sp³-hybridized carbons (Fsp3) is 0.263. The molecular weight excluding hydrogens is 368 g/mol. The smallest absolute Gasteiger partial charge is 0.292 e. The lowest BCUT2D eigenvalue weighted by molar-refractivity contribution is -0.127. The van der Waals surface area contributed by atoms with Crippen LogP contribution in [0.4, 0.5) is 0 Å². The van der Waals surface area contributed by atoms with Crippen LogP contribution in [-0.4, -0.2) is 37.4 Å². The van der Waals surface area contributed by atoms with Crippen LogP contribution in [0.25, 0.3) is 10.2 Å². The number of nitrogens with zero attached hydrogens (tertiary/aromatic N) is 2. The quantitative estimate of drug-likeness (QED) is 0.692. The Morgan fingerprint density at radius 2 is 1.85 bits per heavy atom. The van der Waals surface area contributed by atoms with Crippen molar-refractivity contribution in [2.45, 2.75) is 6.10 Å². The van der Waals surface area contributed by atoms with E-state index >= 15 is 0 Å². The number of methoxy groups -OCH3 is 2. The van der Waals surface area contributed by atoms with E-state index in [1.807, 2.05) is 35.9 Å². The monoisotopic (exact) mass is 386 g/mol. The maximum atomic E-state index is 12.7. The molecule has 3 aromatic rings. The first-order valence-electron chi connectivity index (χ1n) is 8.30. The first kappa shape index (κ1) is 17.4. The minimum Gasteiger partial charge on any atom is -0.495 e. The number of aromatic nitrogens is 1. The summed E-state index contributed by atoms with van der Waals surface area (Å²) in [6, 6.07) is 10.9. The predicted molar refractivity (Wildman–Crippen MR) is 101 cm³/mol. The average molecular weight is 386 g/mol. The number of carbonyl (C=O) groups excluding carboxylic acids is 1. The van der Waals surface area contributed by atoms with Crippen molar-refractivity contribution in [3.8, 4) is 23.0 Å². The zero-order valence-corrected chi connectivity index (χ0v) is 15.9. The third-order valence-electron chi connectivity index (χ3n) is 4.30. The van der Waals surface area contributed by atoms with E-state index in [4.69, 9.17) is 18.9 Å². The van der Waals surface area contributed by atoms with Gasteiger partial charge in [0.1, 0.15) is 28.3 Å². The number of carbonyl (C=O) groups is 1. The van der Waals surface area contributed by atoms with Gasteiger partial charge in [-0.3, -0.25) is 4.79 Å². The Hall–Kier alpha value is -3.00. The molecule has 0 aliphatic carbocycles. The summed E-state index contributed by atoms with van der Waals surface area (Å²) in [5.41, 5.74) is 0.819. The Kier molecular flexibility index (Phi) is 4.49. The summed E-state index contributed by atoms with van der Waals surface area (Å²) in [5, 5.41) is 0. The number of thiazole rings is 1. The minimum atomic E-state index is -0.783. The molecule has 27 heavy (non-hydrogen) atoms. The van der Waals surface area contributed by atoms with Gasteiger partial charge in [0.25, 0.3) is 5.91 Å². The van der Waals surface area contributed by atoms with Gasteiger partial charge >= 0.3 is 0 Å². The van der Waals surface area contributed by atoms with E-state index in [-0.39, 0.29) is 6.61 Å². The van der Waals surface area contributed by atoms with Gasteiger partial charge in [-0.05, 0) is 24.3 Å².